The number of fused-ring (bicyclic) bond motifs is 1. The van der Waals surface area contributed by atoms with Crippen molar-refractivity contribution in [3.05, 3.63) is 83.6 Å². The van der Waals surface area contributed by atoms with Crippen LogP contribution in [0.1, 0.15) is 34.3 Å². The van der Waals surface area contributed by atoms with Gasteiger partial charge in [0.1, 0.15) is 5.82 Å². The highest BCUT2D eigenvalue weighted by Crippen LogP contribution is 2.55. The third-order valence-corrected chi connectivity index (χ3v) is 6.04. The Hall–Kier alpha value is -3.94. The summed E-state index contributed by atoms with van der Waals surface area (Å²) in [6.45, 7) is 6.10. The van der Waals surface area contributed by atoms with Crippen LogP contribution >= 0.6 is 0 Å². The summed E-state index contributed by atoms with van der Waals surface area (Å²) >= 11 is 0. The van der Waals surface area contributed by atoms with Gasteiger partial charge in [0, 0.05) is 16.7 Å². The van der Waals surface area contributed by atoms with E-state index < -0.39 is 17.7 Å². The van der Waals surface area contributed by atoms with Crippen LogP contribution in [0.3, 0.4) is 0 Å². The summed E-state index contributed by atoms with van der Waals surface area (Å²) in [5.74, 6) is -0.439. The molecular weight excluding hydrogens is 430 g/mol. The van der Waals surface area contributed by atoms with Gasteiger partial charge in [-0.3, -0.25) is 0 Å². The molecule has 0 radical (unpaired) electrons. The Morgan fingerprint density at radius 2 is 1.85 bits per heavy atom. The molecule has 0 amide bonds. The van der Waals surface area contributed by atoms with E-state index in [1.54, 1.807) is 24.3 Å². The van der Waals surface area contributed by atoms with Crippen LogP contribution in [0.15, 0.2) is 66.9 Å². The molecule has 1 fully saturated rings. The predicted molar refractivity (Wildman–Crippen MR) is 118 cm³/mol. The zero-order valence-corrected chi connectivity index (χ0v) is 17.7. The predicted octanol–water partition coefficient (Wildman–Crippen LogP) is 5.73. The molecule has 33 heavy (non-hydrogen) atoms. The van der Waals surface area contributed by atoms with Gasteiger partial charge in [0.25, 0.3) is 0 Å². The zero-order chi connectivity index (χ0) is 23.4. The van der Waals surface area contributed by atoms with Gasteiger partial charge in [-0.15, -0.1) is 8.78 Å². The van der Waals surface area contributed by atoms with Gasteiger partial charge in [-0.25, -0.2) is 9.78 Å². The van der Waals surface area contributed by atoms with Crippen LogP contribution in [-0.4, -0.2) is 22.4 Å². The number of carboxylic acid groups (broad SMARTS) is 1. The minimum atomic E-state index is -3.66. The van der Waals surface area contributed by atoms with Gasteiger partial charge in [-0.05, 0) is 61.2 Å². The molecule has 2 aromatic carbocycles. The number of alkyl halides is 2. The summed E-state index contributed by atoms with van der Waals surface area (Å²) in [5, 5.41) is 12.5. The van der Waals surface area contributed by atoms with Crippen molar-refractivity contribution in [3.8, 4) is 22.8 Å². The number of pyridine rings is 1. The highest BCUT2D eigenvalue weighted by atomic mass is 19.3. The maximum absolute atomic E-state index is 13.4. The number of nitrogens with zero attached hydrogens (tertiary/aromatic N) is 1. The van der Waals surface area contributed by atoms with Crippen molar-refractivity contribution >= 4 is 11.8 Å². The molecule has 6 nitrogen and oxygen atoms in total. The molecule has 1 saturated carbocycles. The smallest absolute Gasteiger partial charge is 0.478 e. The molecule has 0 spiro atoms. The summed E-state index contributed by atoms with van der Waals surface area (Å²) in [4.78, 5) is 16.0. The topological polar surface area (TPSA) is 80.7 Å². The number of carboxylic acids is 1. The molecule has 1 aliphatic heterocycles. The first kappa shape index (κ1) is 20.9. The Bertz CT molecular complexity index is 1300. The molecule has 8 heteroatoms. The van der Waals surface area contributed by atoms with E-state index in [0.29, 0.717) is 22.8 Å². The summed E-state index contributed by atoms with van der Waals surface area (Å²) in [7, 11) is 0. The van der Waals surface area contributed by atoms with Crippen LogP contribution in [0.25, 0.3) is 11.3 Å². The number of benzene rings is 2. The van der Waals surface area contributed by atoms with Gasteiger partial charge in [0.05, 0.1) is 11.3 Å². The molecule has 3 aromatic rings. The van der Waals surface area contributed by atoms with Gasteiger partial charge in [-0.1, -0.05) is 30.8 Å². The lowest BCUT2D eigenvalue weighted by Gasteiger charge is -2.21. The first-order valence-electron chi connectivity index (χ1n) is 10.4. The number of ether oxygens (including phenoxy) is 2. The Kier molecular flexibility index (Phi) is 4.63. The fourth-order valence-electron chi connectivity index (χ4n) is 4.10. The van der Waals surface area contributed by atoms with E-state index in [9.17, 15) is 18.7 Å². The Morgan fingerprint density at radius 1 is 1.09 bits per heavy atom. The van der Waals surface area contributed by atoms with Gasteiger partial charge in [-0.2, -0.15) is 0 Å². The second kappa shape index (κ2) is 7.30. The molecule has 1 aliphatic carbocycles. The van der Waals surface area contributed by atoms with Crippen molar-refractivity contribution in [3.63, 3.8) is 0 Å². The standard InChI is InChI=1S/C25H20F2N2O4/c1-14-6-9-21(29-22(14)16-4-3-5-17(12-16)23(30)31)28-15(2)24(10-11-24)18-7-8-19-20(13-18)33-25(26,27)32-19/h3-9,12-13H,2,10-11H2,1H3,(H,28,29)(H,30,31). The Balaban J connectivity index is 1.40. The average molecular weight is 450 g/mol. The monoisotopic (exact) mass is 450 g/mol. The van der Waals surface area contributed by atoms with Crippen molar-refractivity contribution < 1.29 is 28.2 Å². The second-order valence-corrected chi connectivity index (χ2v) is 8.26. The number of aromatic nitrogens is 1. The quantitative estimate of drug-likeness (QED) is 0.499. The molecule has 0 unspecified atom stereocenters. The summed E-state index contributed by atoms with van der Waals surface area (Å²) in [5.41, 5.74) is 3.50. The maximum atomic E-state index is 13.4. The molecule has 2 heterocycles. The molecule has 0 saturated heterocycles. The van der Waals surface area contributed by atoms with Crippen LogP contribution in [0.4, 0.5) is 14.6 Å². The number of nitrogens with one attached hydrogen (secondary N) is 1. The number of anilines is 1. The molecule has 2 N–H and O–H groups in total. The number of allylic oxidation sites excluding steroid dienone is 1. The van der Waals surface area contributed by atoms with E-state index in [4.69, 9.17) is 0 Å². The second-order valence-electron chi connectivity index (χ2n) is 8.26. The van der Waals surface area contributed by atoms with Crippen LogP contribution < -0.4 is 14.8 Å². The zero-order valence-electron chi connectivity index (χ0n) is 17.7. The van der Waals surface area contributed by atoms with Gasteiger partial charge in [0.2, 0.25) is 0 Å². The van der Waals surface area contributed by atoms with Gasteiger partial charge in [0.15, 0.2) is 11.5 Å². The fraction of sp³-hybridized carbons (Fsp3) is 0.200. The lowest BCUT2D eigenvalue weighted by molar-refractivity contribution is -0.286. The average Bonchev–Trinajstić information content (AvgIpc) is 3.52. The van der Waals surface area contributed by atoms with E-state index in [0.717, 1.165) is 24.0 Å². The molecule has 2 aliphatic rings. The number of aromatic carboxylic acids is 1. The van der Waals surface area contributed by atoms with E-state index in [-0.39, 0.29) is 17.1 Å². The van der Waals surface area contributed by atoms with Crippen molar-refractivity contribution in [1.82, 2.24) is 4.98 Å². The lowest BCUT2D eigenvalue weighted by Crippen LogP contribution is -2.26. The molecule has 168 valence electrons. The third-order valence-electron chi connectivity index (χ3n) is 6.04. The first-order chi connectivity index (χ1) is 15.7. The van der Waals surface area contributed by atoms with Crippen LogP contribution in [0.5, 0.6) is 11.5 Å². The minimum absolute atomic E-state index is 0.00522. The Morgan fingerprint density at radius 3 is 2.58 bits per heavy atom. The van der Waals surface area contributed by atoms with Gasteiger partial charge < -0.3 is 19.9 Å². The summed E-state index contributed by atoms with van der Waals surface area (Å²) < 4.78 is 35.9. The number of carbonyl (C=O) groups is 1. The molecular formula is C25H20F2N2O4. The van der Waals surface area contributed by atoms with E-state index in [1.807, 2.05) is 25.1 Å². The van der Waals surface area contributed by atoms with Crippen molar-refractivity contribution in [2.45, 2.75) is 31.5 Å². The van der Waals surface area contributed by atoms with Gasteiger partial charge >= 0.3 is 12.3 Å². The van der Waals surface area contributed by atoms with Crippen molar-refractivity contribution in [2.24, 2.45) is 0 Å². The largest absolute Gasteiger partial charge is 0.586 e. The number of hydrogen-bond donors (Lipinski definition) is 2. The van der Waals surface area contributed by atoms with Crippen LogP contribution in [0.2, 0.25) is 0 Å². The molecule has 1 aromatic heterocycles. The fourth-order valence-corrected chi connectivity index (χ4v) is 4.10. The number of halogens is 2. The SMILES string of the molecule is C=C(Nc1ccc(C)c(-c2cccc(C(=O)O)c2)n1)C1(c2ccc3c(c2)OC(F)(F)O3)CC1. The molecule has 0 atom stereocenters. The molecule has 0 bridgehead atoms. The Labute approximate surface area is 188 Å². The van der Waals surface area contributed by atoms with E-state index in [2.05, 4.69) is 26.4 Å². The lowest BCUT2D eigenvalue weighted by atomic mass is 9.92. The van der Waals surface area contributed by atoms with E-state index in [1.165, 1.54) is 12.1 Å². The maximum Gasteiger partial charge on any atom is 0.586 e. The number of rotatable bonds is 6. The normalized spacial score (nSPS) is 16.8. The highest BCUT2D eigenvalue weighted by Gasteiger charge is 2.49. The van der Waals surface area contributed by atoms with Crippen molar-refractivity contribution in [1.29, 1.82) is 0 Å². The third kappa shape index (κ3) is 3.77. The summed E-state index contributed by atoms with van der Waals surface area (Å²) in [6, 6.07) is 15.1. The molecule has 5 rings (SSSR count). The first-order valence-corrected chi connectivity index (χ1v) is 10.4. The highest BCUT2D eigenvalue weighted by molar-refractivity contribution is 5.89. The number of aryl methyl sites for hydroxylation is 1. The summed E-state index contributed by atoms with van der Waals surface area (Å²) in [6.07, 6.45) is -2.06. The van der Waals surface area contributed by atoms with Crippen LogP contribution in [-0.2, 0) is 5.41 Å². The van der Waals surface area contributed by atoms with Crippen LogP contribution in [0, 0.1) is 6.92 Å². The minimum Gasteiger partial charge on any atom is -0.478 e. The van der Waals surface area contributed by atoms with E-state index >= 15 is 0 Å². The number of hydrogen-bond acceptors (Lipinski definition) is 5. The van der Waals surface area contributed by atoms with Crippen molar-refractivity contribution in [2.75, 3.05) is 5.32 Å².